The van der Waals surface area contributed by atoms with Crippen LogP contribution in [-0.4, -0.2) is 15.7 Å². The number of rotatable bonds is 1. The number of carbonyl (C=O) groups excluding carboxylic acids is 1. The second-order valence-corrected chi connectivity index (χ2v) is 3.00. The second kappa shape index (κ2) is 3.56. The lowest BCUT2D eigenvalue weighted by atomic mass is 10.7. The zero-order valence-electron chi connectivity index (χ0n) is 6.54. The average Bonchev–Trinajstić information content (AvgIpc) is 1.99. The van der Waals surface area contributed by atoms with Crippen LogP contribution in [0.15, 0.2) is 20.3 Å². The summed E-state index contributed by atoms with van der Waals surface area (Å²) >= 11 is 2.88. The minimum absolute atomic E-state index is 0.105. The van der Waals surface area contributed by atoms with Crippen LogP contribution in [0.5, 0.6) is 0 Å². The van der Waals surface area contributed by atoms with Gasteiger partial charge in [-0.05, 0) is 15.9 Å². The first-order chi connectivity index (χ1) is 6.00. The summed E-state index contributed by atoms with van der Waals surface area (Å²) < 4.78 is 0.738. The molecule has 0 aliphatic rings. The molecule has 0 saturated heterocycles. The van der Waals surface area contributed by atoms with Gasteiger partial charge in [0.15, 0.2) is 0 Å². The monoisotopic (exact) mass is 248 g/mol. The number of hydrogen-bond acceptors (Lipinski definition) is 4. The smallest absolute Gasteiger partial charge is 0.333 e. The van der Waals surface area contributed by atoms with Crippen LogP contribution in [0.4, 0.5) is 0 Å². The molecule has 0 unspecified atom stereocenters. The summed E-state index contributed by atoms with van der Waals surface area (Å²) in [5.41, 5.74) is -1.38. The number of aromatic amines is 1. The van der Waals surface area contributed by atoms with Crippen LogP contribution in [-0.2, 0) is 4.79 Å². The normalized spacial score (nSPS) is 9.69. The zero-order valence-corrected chi connectivity index (χ0v) is 8.12. The van der Waals surface area contributed by atoms with E-state index in [-0.39, 0.29) is 4.47 Å². The van der Waals surface area contributed by atoms with Crippen molar-refractivity contribution in [3.05, 3.63) is 31.5 Å². The Morgan fingerprint density at radius 1 is 1.62 bits per heavy atom. The van der Waals surface area contributed by atoms with Crippen LogP contribution in [0, 0.1) is 0 Å². The third kappa shape index (κ3) is 2.28. The van der Waals surface area contributed by atoms with Crippen LogP contribution in [0.3, 0.4) is 0 Å². The van der Waals surface area contributed by atoms with Gasteiger partial charge in [-0.2, -0.15) is 0 Å². The molecule has 13 heavy (non-hydrogen) atoms. The Hall–Kier alpha value is -1.37. The van der Waals surface area contributed by atoms with Gasteiger partial charge in [0.2, 0.25) is 0 Å². The lowest BCUT2D eigenvalue weighted by Crippen LogP contribution is -2.35. The predicted octanol–water partition coefficient (Wildman–Crippen LogP) is -0.726. The maximum atomic E-state index is 10.9. The number of halogens is 1. The lowest BCUT2D eigenvalue weighted by Gasteiger charge is -2.01. The van der Waals surface area contributed by atoms with Crippen molar-refractivity contribution < 1.29 is 9.63 Å². The van der Waals surface area contributed by atoms with Crippen LogP contribution >= 0.6 is 15.9 Å². The molecule has 0 aliphatic heterocycles. The molecule has 0 fully saturated rings. The highest BCUT2D eigenvalue weighted by atomic mass is 79.9. The minimum Gasteiger partial charge on any atom is -0.333 e. The van der Waals surface area contributed by atoms with E-state index in [1.54, 1.807) is 0 Å². The van der Waals surface area contributed by atoms with Crippen LogP contribution in [0.1, 0.15) is 6.92 Å². The van der Waals surface area contributed by atoms with Crippen molar-refractivity contribution in [2.24, 2.45) is 0 Å². The zero-order chi connectivity index (χ0) is 10.0. The van der Waals surface area contributed by atoms with Gasteiger partial charge in [-0.25, -0.2) is 9.59 Å². The Bertz CT molecular complexity index is 447. The molecule has 70 valence electrons. The molecule has 0 spiro atoms. The Morgan fingerprint density at radius 2 is 2.23 bits per heavy atom. The summed E-state index contributed by atoms with van der Waals surface area (Å²) in [5.74, 6) is -0.652. The molecular formula is C6H5BrN2O4. The van der Waals surface area contributed by atoms with Gasteiger partial charge >= 0.3 is 11.7 Å². The molecule has 1 N–H and O–H groups in total. The fourth-order valence-corrected chi connectivity index (χ4v) is 0.924. The van der Waals surface area contributed by atoms with Crippen molar-refractivity contribution in [1.82, 2.24) is 9.71 Å². The quantitative estimate of drug-likeness (QED) is 0.711. The Kier molecular flexibility index (Phi) is 2.66. The molecule has 6 nitrogen and oxygen atoms in total. The van der Waals surface area contributed by atoms with Gasteiger partial charge in [0.1, 0.15) is 4.47 Å². The SMILES string of the molecule is CC(=O)On1cc(Br)c(=O)[nH]c1=O. The van der Waals surface area contributed by atoms with Crippen molar-refractivity contribution in [1.29, 1.82) is 0 Å². The largest absolute Gasteiger partial charge is 0.361 e. The number of carbonyl (C=O) groups is 1. The molecule has 0 radical (unpaired) electrons. The number of nitrogens with zero attached hydrogens (tertiary/aromatic N) is 1. The highest BCUT2D eigenvalue weighted by molar-refractivity contribution is 9.10. The van der Waals surface area contributed by atoms with Crippen molar-refractivity contribution in [3.63, 3.8) is 0 Å². The Morgan fingerprint density at radius 3 is 2.77 bits per heavy atom. The molecule has 0 atom stereocenters. The van der Waals surface area contributed by atoms with Crippen molar-refractivity contribution in [2.75, 3.05) is 0 Å². The molecule has 0 amide bonds. The Labute approximate surface area is 80.2 Å². The van der Waals surface area contributed by atoms with E-state index in [9.17, 15) is 14.4 Å². The third-order valence-corrected chi connectivity index (χ3v) is 1.66. The minimum atomic E-state index is -0.802. The molecule has 1 rings (SSSR count). The first kappa shape index (κ1) is 9.72. The summed E-state index contributed by atoms with van der Waals surface area (Å²) in [6.45, 7) is 1.14. The van der Waals surface area contributed by atoms with Gasteiger partial charge < -0.3 is 4.84 Å². The van der Waals surface area contributed by atoms with Gasteiger partial charge in [0, 0.05) is 6.92 Å². The molecule has 7 heteroatoms. The maximum absolute atomic E-state index is 10.9. The molecule has 1 heterocycles. The number of aromatic nitrogens is 2. The second-order valence-electron chi connectivity index (χ2n) is 2.14. The molecular weight excluding hydrogens is 244 g/mol. The maximum Gasteiger partial charge on any atom is 0.361 e. The average molecular weight is 249 g/mol. The topological polar surface area (TPSA) is 81.2 Å². The fraction of sp³-hybridized carbons (Fsp3) is 0.167. The summed E-state index contributed by atoms with van der Waals surface area (Å²) in [6.07, 6.45) is 1.07. The third-order valence-electron chi connectivity index (χ3n) is 1.10. The lowest BCUT2D eigenvalue weighted by molar-refractivity contribution is -0.142. The van der Waals surface area contributed by atoms with Crippen LogP contribution in [0.25, 0.3) is 0 Å². The van der Waals surface area contributed by atoms with E-state index in [0.717, 1.165) is 13.1 Å². The summed E-state index contributed by atoms with van der Waals surface area (Å²) in [7, 11) is 0. The van der Waals surface area contributed by atoms with Gasteiger partial charge in [-0.15, -0.1) is 4.73 Å². The molecule has 1 aromatic heterocycles. The van der Waals surface area contributed by atoms with Gasteiger partial charge in [-0.1, -0.05) is 0 Å². The van der Waals surface area contributed by atoms with E-state index < -0.39 is 17.2 Å². The molecule has 1 aromatic rings. The number of H-pyrrole nitrogens is 1. The molecule has 0 bridgehead atoms. The predicted molar refractivity (Wildman–Crippen MR) is 46.3 cm³/mol. The van der Waals surface area contributed by atoms with Gasteiger partial charge in [0.25, 0.3) is 5.56 Å². The summed E-state index contributed by atoms with van der Waals surface area (Å²) in [6, 6.07) is 0. The van der Waals surface area contributed by atoms with Crippen molar-refractivity contribution in [3.8, 4) is 0 Å². The van der Waals surface area contributed by atoms with E-state index in [1.165, 1.54) is 0 Å². The van der Waals surface area contributed by atoms with Gasteiger partial charge in [-0.3, -0.25) is 9.78 Å². The summed E-state index contributed by atoms with van der Waals surface area (Å²) in [5, 5.41) is 0. The summed E-state index contributed by atoms with van der Waals surface area (Å²) in [4.78, 5) is 38.6. The molecule has 0 saturated carbocycles. The number of hydrogen-bond donors (Lipinski definition) is 1. The van der Waals surface area contributed by atoms with E-state index >= 15 is 0 Å². The van der Waals surface area contributed by atoms with Crippen molar-refractivity contribution >= 4 is 21.9 Å². The van der Waals surface area contributed by atoms with Crippen LogP contribution < -0.4 is 16.1 Å². The van der Waals surface area contributed by atoms with E-state index in [1.807, 2.05) is 4.98 Å². The van der Waals surface area contributed by atoms with E-state index in [4.69, 9.17) is 0 Å². The molecule has 0 aliphatic carbocycles. The first-order valence-corrected chi connectivity index (χ1v) is 4.00. The highest BCUT2D eigenvalue weighted by Crippen LogP contribution is 1.96. The Balaban J connectivity index is 3.24. The fourth-order valence-electron chi connectivity index (χ4n) is 0.638. The van der Waals surface area contributed by atoms with E-state index in [2.05, 4.69) is 20.8 Å². The van der Waals surface area contributed by atoms with E-state index in [0.29, 0.717) is 4.73 Å². The molecule has 0 aromatic carbocycles. The standard InChI is InChI=1S/C6H5BrN2O4/c1-3(10)13-9-2-4(7)5(11)8-6(9)12/h2H,1H3,(H,8,11,12). The highest BCUT2D eigenvalue weighted by Gasteiger charge is 2.03. The van der Waals surface area contributed by atoms with Gasteiger partial charge in [0.05, 0.1) is 6.20 Å². The first-order valence-electron chi connectivity index (χ1n) is 3.21. The van der Waals surface area contributed by atoms with Crippen LogP contribution in [0.2, 0.25) is 0 Å². The number of nitrogens with one attached hydrogen (secondary N) is 1. The van der Waals surface area contributed by atoms with Crippen molar-refractivity contribution in [2.45, 2.75) is 6.92 Å².